The lowest BCUT2D eigenvalue weighted by molar-refractivity contribution is 0.340. The van der Waals surface area contributed by atoms with E-state index in [4.69, 9.17) is 10.5 Å². The molecular weight excluding hydrogens is 268 g/mol. The topological polar surface area (TPSA) is 47.3 Å². The summed E-state index contributed by atoms with van der Waals surface area (Å²) in [5, 5.41) is 3.50. The third-order valence-corrected chi connectivity index (χ3v) is 4.15. The summed E-state index contributed by atoms with van der Waals surface area (Å²) in [6, 6.07) is 8.27. The molecule has 4 heteroatoms. The molecule has 1 unspecified atom stereocenters. The van der Waals surface area contributed by atoms with Crippen molar-refractivity contribution in [2.24, 2.45) is 0 Å². The zero-order valence-electron chi connectivity index (χ0n) is 12.5. The van der Waals surface area contributed by atoms with Crippen LogP contribution in [0, 0.1) is 13.8 Å². The fraction of sp³-hybridized carbons (Fsp3) is 0.375. The van der Waals surface area contributed by atoms with Crippen molar-refractivity contribution in [3.05, 3.63) is 39.6 Å². The Labute approximate surface area is 124 Å². The van der Waals surface area contributed by atoms with Crippen molar-refractivity contribution in [3.8, 4) is 5.75 Å². The number of nitrogens with two attached hydrogens (primary N) is 1. The van der Waals surface area contributed by atoms with Gasteiger partial charge in [0.2, 0.25) is 0 Å². The highest BCUT2D eigenvalue weighted by molar-refractivity contribution is 7.12. The van der Waals surface area contributed by atoms with Crippen molar-refractivity contribution in [1.82, 2.24) is 0 Å². The van der Waals surface area contributed by atoms with E-state index < -0.39 is 0 Å². The normalized spacial score (nSPS) is 12.2. The minimum atomic E-state index is 0.247. The Balaban J connectivity index is 2.18. The number of hydrogen-bond acceptors (Lipinski definition) is 4. The van der Waals surface area contributed by atoms with Crippen LogP contribution in [-0.4, -0.2) is 6.61 Å². The first-order valence-corrected chi connectivity index (χ1v) is 7.68. The Hall–Kier alpha value is -1.68. The van der Waals surface area contributed by atoms with Crippen molar-refractivity contribution in [2.75, 3.05) is 17.7 Å². The van der Waals surface area contributed by atoms with Gasteiger partial charge >= 0.3 is 0 Å². The van der Waals surface area contributed by atoms with Crippen LogP contribution in [0.4, 0.5) is 11.4 Å². The van der Waals surface area contributed by atoms with E-state index in [2.05, 4.69) is 32.2 Å². The number of anilines is 2. The summed E-state index contributed by atoms with van der Waals surface area (Å²) in [7, 11) is 0. The second-order valence-corrected chi connectivity index (χ2v) is 6.42. The molecule has 3 N–H and O–H groups in total. The minimum absolute atomic E-state index is 0.247. The molecule has 1 heterocycles. The molecule has 0 spiro atoms. The SMILES string of the molecule is CCOc1cc(N)cc(NC(C)c2cc(C)sc2C)c1. The number of rotatable bonds is 5. The van der Waals surface area contributed by atoms with Crippen molar-refractivity contribution in [2.45, 2.75) is 33.7 Å². The van der Waals surface area contributed by atoms with Crippen LogP contribution < -0.4 is 15.8 Å². The van der Waals surface area contributed by atoms with Gasteiger partial charge in [0.25, 0.3) is 0 Å². The number of hydrogen-bond donors (Lipinski definition) is 2. The second kappa shape index (κ2) is 6.18. The number of thiophene rings is 1. The molecule has 1 aromatic heterocycles. The molecule has 2 rings (SSSR count). The molecule has 20 heavy (non-hydrogen) atoms. The lowest BCUT2D eigenvalue weighted by Gasteiger charge is -2.17. The molecule has 1 atom stereocenters. The minimum Gasteiger partial charge on any atom is -0.494 e. The molecule has 108 valence electrons. The van der Waals surface area contributed by atoms with Crippen molar-refractivity contribution >= 4 is 22.7 Å². The zero-order valence-corrected chi connectivity index (χ0v) is 13.3. The van der Waals surface area contributed by atoms with Crippen molar-refractivity contribution < 1.29 is 4.74 Å². The Kier molecular flexibility index (Phi) is 4.55. The molecule has 0 aliphatic carbocycles. The van der Waals surface area contributed by atoms with E-state index in [1.807, 2.05) is 36.5 Å². The van der Waals surface area contributed by atoms with E-state index in [1.165, 1.54) is 15.3 Å². The lowest BCUT2D eigenvalue weighted by Crippen LogP contribution is -2.07. The Morgan fingerprint density at radius 3 is 2.60 bits per heavy atom. The van der Waals surface area contributed by atoms with Crippen molar-refractivity contribution in [1.29, 1.82) is 0 Å². The van der Waals surface area contributed by atoms with Gasteiger partial charge in [-0.15, -0.1) is 11.3 Å². The molecule has 3 nitrogen and oxygen atoms in total. The van der Waals surface area contributed by atoms with Gasteiger partial charge in [0, 0.05) is 39.3 Å². The molecule has 0 radical (unpaired) electrons. The highest BCUT2D eigenvalue weighted by atomic mass is 32.1. The summed E-state index contributed by atoms with van der Waals surface area (Å²) >= 11 is 1.83. The molecule has 0 saturated carbocycles. The maximum absolute atomic E-state index is 5.92. The second-order valence-electron chi connectivity index (χ2n) is 4.96. The van der Waals surface area contributed by atoms with Crippen LogP contribution in [0.2, 0.25) is 0 Å². The van der Waals surface area contributed by atoms with Crippen LogP contribution in [-0.2, 0) is 0 Å². The predicted molar refractivity (Wildman–Crippen MR) is 87.9 cm³/mol. The average Bonchev–Trinajstić information content (AvgIpc) is 2.68. The Morgan fingerprint density at radius 1 is 1.25 bits per heavy atom. The predicted octanol–water partition coefficient (Wildman–Crippen LogP) is 4.52. The fourth-order valence-corrected chi connectivity index (χ4v) is 3.39. The Morgan fingerprint density at radius 2 is 2.00 bits per heavy atom. The molecule has 0 bridgehead atoms. The number of benzene rings is 1. The lowest BCUT2D eigenvalue weighted by atomic mass is 10.1. The standard InChI is InChI=1S/C16H22N2OS/c1-5-19-15-8-13(17)7-14(9-15)18-11(3)16-6-10(2)20-12(16)4/h6-9,11,18H,5,17H2,1-4H3. The van der Waals surface area contributed by atoms with Gasteiger partial charge < -0.3 is 15.8 Å². The maximum atomic E-state index is 5.92. The summed E-state index contributed by atoms with van der Waals surface area (Å²) < 4.78 is 5.52. The fourth-order valence-electron chi connectivity index (χ4n) is 2.36. The highest BCUT2D eigenvalue weighted by Gasteiger charge is 2.11. The first kappa shape index (κ1) is 14.7. The van der Waals surface area contributed by atoms with E-state index in [9.17, 15) is 0 Å². The zero-order chi connectivity index (χ0) is 14.7. The van der Waals surface area contributed by atoms with E-state index in [1.54, 1.807) is 0 Å². The van der Waals surface area contributed by atoms with E-state index >= 15 is 0 Å². The first-order chi connectivity index (χ1) is 9.49. The van der Waals surface area contributed by atoms with E-state index in [0.717, 1.165) is 11.4 Å². The van der Waals surface area contributed by atoms with Crippen LogP contribution in [0.1, 0.15) is 35.2 Å². The average molecular weight is 290 g/mol. The van der Waals surface area contributed by atoms with Gasteiger partial charge in [-0.25, -0.2) is 0 Å². The van der Waals surface area contributed by atoms with Gasteiger partial charge in [-0.05, 0) is 45.4 Å². The van der Waals surface area contributed by atoms with Crippen LogP contribution in [0.3, 0.4) is 0 Å². The summed E-state index contributed by atoms with van der Waals surface area (Å²) in [6.45, 7) is 9.08. The number of aryl methyl sites for hydroxylation is 2. The van der Waals surface area contributed by atoms with Gasteiger partial charge in [0.15, 0.2) is 0 Å². The maximum Gasteiger partial charge on any atom is 0.123 e. The molecule has 1 aromatic carbocycles. The number of nitrogen functional groups attached to an aromatic ring is 1. The molecule has 0 aliphatic rings. The van der Waals surface area contributed by atoms with Crippen LogP contribution in [0.15, 0.2) is 24.3 Å². The quantitative estimate of drug-likeness (QED) is 0.796. The molecule has 0 amide bonds. The van der Waals surface area contributed by atoms with Gasteiger partial charge in [0.05, 0.1) is 6.61 Å². The van der Waals surface area contributed by atoms with Gasteiger partial charge in [-0.1, -0.05) is 0 Å². The summed E-state index contributed by atoms with van der Waals surface area (Å²) in [6.07, 6.45) is 0. The number of nitrogens with one attached hydrogen (secondary N) is 1. The summed E-state index contributed by atoms with van der Waals surface area (Å²) in [5.41, 5.74) is 8.96. The largest absolute Gasteiger partial charge is 0.494 e. The third kappa shape index (κ3) is 3.45. The number of ether oxygens (including phenoxy) is 1. The molecule has 0 aliphatic heterocycles. The van der Waals surface area contributed by atoms with Crippen molar-refractivity contribution in [3.63, 3.8) is 0 Å². The first-order valence-electron chi connectivity index (χ1n) is 6.86. The third-order valence-electron chi connectivity index (χ3n) is 3.17. The van der Waals surface area contributed by atoms with Gasteiger partial charge in [0.1, 0.15) is 5.75 Å². The van der Waals surface area contributed by atoms with E-state index in [-0.39, 0.29) is 6.04 Å². The summed E-state index contributed by atoms with van der Waals surface area (Å²) in [5.74, 6) is 0.806. The van der Waals surface area contributed by atoms with Gasteiger partial charge in [-0.2, -0.15) is 0 Å². The van der Waals surface area contributed by atoms with Crippen LogP contribution >= 0.6 is 11.3 Å². The highest BCUT2D eigenvalue weighted by Crippen LogP contribution is 2.30. The monoisotopic (exact) mass is 290 g/mol. The Bertz CT molecular complexity index is 592. The summed E-state index contributed by atoms with van der Waals surface area (Å²) in [4.78, 5) is 2.70. The molecule has 2 aromatic rings. The molecule has 0 saturated heterocycles. The molecule has 0 fully saturated rings. The van der Waals surface area contributed by atoms with Crippen LogP contribution in [0.5, 0.6) is 5.75 Å². The van der Waals surface area contributed by atoms with E-state index in [0.29, 0.717) is 12.3 Å². The van der Waals surface area contributed by atoms with Gasteiger partial charge in [-0.3, -0.25) is 0 Å². The molecular formula is C16H22N2OS. The smallest absolute Gasteiger partial charge is 0.123 e. The van der Waals surface area contributed by atoms with Crippen LogP contribution in [0.25, 0.3) is 0 Å².